The van der Waals surface area contributed by atoms with Gasteiger partial charge in [0.2, 0.25) is 5.76 Å². The lowest BCUT2D eigenvalue weighted by Gasteiger charge is -2.35. The van der Waals surface area contributed by atoms with Crippen LogP contribution in [0.5, 0.6) is 5.75 Å². The van der Waals surface area contributed by atoms with Gasteiger partial charge in [0.25, 0.3) is 11.5 Å². The van der Waals surface area contributed by atoms with Crippen LogP contribution in [0.25, 0.3) is 16.9 Å². The van der Waals surface area contributed by atoms with E-state index in [2.05, 4.69) is 31.1 Å². The molecular weight excluding hydrogens is 482 g/mol. The molecule has 3 N–H and O–H groups in total. The minimum atomic E-state index is -2.60. The molecule has 1 fully saturated rings. The lowest BCUT2D eigenvalue weighted by molar-refractivity contribution is 0.00677. The normalized spacial score (nSPS) is 18.1. The van der Waals surface area contributed by atoms with Gasteiger partial charge >= 0.3 is 6.09 Å². The molecule has 13 heteroatoms. The summed E-state index contributed by atoms with van der Waals surface area (Å²) in [5.74, 6) is -0.675. The van der Waals surface area contributed by atoms with Gasteiger partial charge in [-0.1, -0.05) is 11.2 Å². The van der Waals surface area contributed by atoms with Crippen molar-refractivity contribution >= 4 is 34.5 Å². The highest BCUT2D eigenvalue weighted by molar-refractivity contribution is 6.04. The molecule has 13 nitrogen and oxygen atoms in total. The van der Waals surface area contributed by atoms with Crippen molar-refractivity contribution in [3.8, 4) is 11.6 Å². The number of hydrogen-bond donors (Lipinski definition) is 3. The van der Waals surface area contributed by atoms with Crippen LogP contribution in [0, 0.1) is 0 Å². The van der Waals surface area contributed by atoms with Crippen LogP contribution >= 0.6 is 0 Å². The number of methoxy groups -OCH3 is 1. The molecule has 4 heterocycles. The number of aromatic nitrogens is 4. The second-order valence-electron chi connectivity index (χ2n) is 8.08. The fraction of sp³-hybridized carbons (Fsp3) is 0.250. The predicted molar refractivity (Wildman–Crippen MR) is 131 cm³/mol. The molecule has 1 saturated carbocycles. The average Bonchev–Trinajstić information content (AvgIpc) is 3.35. The molecule has 0 aliphatic heterocycles. The molecule has 190 valence electrons. The number of carbonyl (C=O) groups excluding carboxylic acids is 2. The molecule has 4 aromatic heterocycles. The van der Waals surface area contributed by atoms with Crippen molar-refractivity contribution in [2.45, 2.75) is 25.0 Å². The van der Waals surface area contributed by atoms with Gasteiger partial charge in [-0.05, 0) is 37.1 Å². The molecular formula is C24H23N7O6. The van der Waals surface area contributed by atoms with Crippen molar-refractivity contribution in [1.82, 2.24) is 30.3 Å². The van der Waals surface area contributed by atoms with E-state index in [1.165, 1.54) is 23.7 Å². The number of amides is 2. The van der Waals surface area contributed by atoms with Crippen LogP contribution in [0.2, 0.25) is 0 Å². The lowest BCUT2D eigenvalue weighted by Crippen LogP contribution is -2.51. The van der Waals surface area contributed by atoms with Gasteiger partial charge in [-0.25, -0.2) is 14.8 Å². The molecule has 0 unspecified atom stereocenters. The second kappa shape index (κ2) is 10.1. The largest absolute Gasteiger partial charge is 0.412 e. The smallest absolute Gasteiger partial charge is 0.408 e. The summed E-state index contributed by atoms with van der Waals surface area (Å²) in [4.78, 5) is 46.8. The summed E-state index contributed by atoms with van der Waals surface area (Å²) in [7, 11) is -1.24. The molecule has 0 bridgehead atoms. The number of pyridine rings is 3. The van der Waals surface area contributed by atoms with Crippen molar-refractivity contribution in [3.63, 3.8) is 0 Å². The Balaban J connectivity index is 1.48. The van der Waals surface area contributed by atoms with Crippen molar-refractivity contribution in [2.75, 3.05) is 19.4 Å². The summed E-state index contributed by atoms with van der Waals surface area (Å²) in [6, 6.07) is 9.05. The van der Waals surface area contributed by atoms with Gasteiger partial charge in [-0.3, -0.25) is 14.2 Å². The van der Waals surface area contributed by atoms with Crippen molar-refractivity contribution < 1.29 is 27.7 Å². The number of hydrogen-bond acceptors (Lipinski definition) is 10. The standard InChI is InChI=1S/C24H23N7O6/c1-25-24(34)36-16-12-17(27-14-6-5-11-31(23(14)33)18-7-3-4-10-26-18)29-20-19(16)30-37-21(20)22(32)28-13-8-9-15(13)35-2/h3-7,10-13,15H,8-9H2,1-2H3,(H,25,34)(H,27,29)(H,28,32)/t13-,15-/m1/s1/i2D3. The third kappa shape index (κ3) is 4.71. The van der Waals surface area contributed by atoms with Gasteiger partial charge in [-0.2, -0.15) is 0 Å². The topological polar surface area (TPSA) is 162 Å². The van der Waals surface area contributed by atoms with E-state index >= 15 is 0 Å². The van der Waals surface area contributed by atoms with Gasteiger partial charge in [0.15, 0.2) is 11.3 Å². The molecule has 2 amide bonds. The Kier molecular flexibility index (Phi) is 5.55. The SMILES string of the molecule is [2H]C([2H])([2H])O[C@@H]1CC[C@H]1NC(=O)c1onc2c(OC(=O)NC)cc(Nc3cccn(-c4ccccn4)c3=O)nc12. The summed E-state index contributed by atoms with van der Waals surface area (Å²) in [6.07, 6.45) is 2.56. The first kappa shape index (κ1) is 20.4. The van der Waals surface area contributed by atoms with Gasteiger partial charge in [0.05, 0.1) is 16.3 Å². The maximum absolute atomic E-state index is 13.2. The van der Waals surface area contributed by atoms with E-state index in [4.69, 9.17) is 18.1 Å². The fourth-order valence-corrected chi connectivity index (χ4v) is 3.75. The maximum Gasteiger partial charge on any atom is 0.412 e. The molecule has 2 atom stereocenters. The zero-order valence-corrected chi connectivity index (χ0v) is 19.4. The van der Waals surface area contributed by atoms with Gasteiger partial charge in [0.1, 0.15) is 22.8 Å². The van der Waals surface area contributed by atoms with Gasteiger partial charge in [-0.15, -0.1) is 0 Å². The average molecular weight is 509 g/mol. The Morgan fingerprint density at radius 1 is 1.22 bits per heavy atom. The number of anilines is 2. The van der Waals surface area contributed by atoms with Crippen LogP contribution in [-0.2, 0) is 4.74 Å². The summed E-state index contributed by atoms with van der Waals surface area (Å²) >= 11 is 0. The number of carbonyl (C=O) groups is 2. The van der Waals surface area contributed by atoms with Crippen molar-refractivity contribution in [1.29, 1.82) is 0 Å². The highest BCUT2D eigenvalue weighted by atomic mass is 16.6. The van der Waals surface area contributed by atoms with Crippen LogP contribution in [-0.4, -0.2) is 57.9 Å². The van der Waals surface area contributed by atoms with Crippen molar-refractivity contribution in [2.24, 2.45) is 0 Å². The third-order valence-corrected chi connectivity index (χ3v) is 5.80. The Bertz CT molecular complexity index is 1620. The Hall–Kier alpha value is -4.78. The molecule has 4 aromatic rings. The molecule has 1 aliphatic rings. The molecule has 5 rings (SSSR count). The molecule has 0 spiro atoms. The predicted octanol–water partition coefficient (Wildman–Crippen LogP) is 2.14. The minimum Gasteiger partial charge on any atom is -0.408 e. The summed E-state index contributed by atoms with van der Waals surface area (Å²) in [5, 5.41) is 11.7. The number of rotatable bonds is 7. The molecule has 0 saturated heterocycles. The maximum atomic E-state index is 13.2. The van der Waals surface area contributed by atoms with E-state index in [1.807, 2.05) is 0 Å². The zero-order chi connectivity index (χ0) is 28.4. The quantitative estimate of drug-likeness (QED) is 0.337. The number of nitrogens with zero attached hydrogens (tertiary/aromatic N) is 4. The first-order valence-electron chi connectivity index (χ1n) is 12.7. The first-order chi connectivity index (χ1) is 19.1. The van der Waals surface area contributed by atoms with Crippen LogP contribution in [0.3, 0.4) is 0 Å². The highest BCUT2D eigenvalue weighted by Gasteiger charge is 2.34. The third-order valence-electron chi connectivity index (χ3n) is 5.80. The monoisotopic (exact) mass is 508 g/mol. The highest BCUT2D eigenvalue weighted by Crippen LogP contribution is 2.31. The van der Waals surface area contributed by atoms with Crippen LogP contribution < -0.4 is 26.2 Å². The Morgan fingerprint density at radius 3 is 2.84 bits per heavy atom. The van der Waals surface area contributed by atoms with E-state index in [-0.39, 0.29) is 34.0 Å². The molecule has 0 radical (unpaired) electrons. The number of nitrogens with one attached hydrogen (secondary N) is 3. The fourth-order valence-electron chi connectivity index (χ4n) is 3.75. The summed E-state index contributed by atoms with van der Waals surface area (Å²) < 4.78 is 38.8. The van der Waals surface area contributed by atoms with Crippen LogP contribution in [0.15, 0.2) is 58.1 Å². The Labute approximate surface area is 214 Å². The summed E-state index contributed by atoms with van der Waals surface area (Å²) in [5.41, 5.74) is -0.407. The molecule has 37 heavy (non-hydrogen) atoms. The van der Waals surface area contributed by atoms with Crippen LogP contribution in [0.1, 0.15) is 27.5 Å². The first-order valence-corrected chi connectivity index (χ1v) is 11.2. The zero-order valence-electron chi connectivity index (χ0n) is 22.4. The van der Waals surface area contributed by atoms with E-state index in [1.54, 1.807) is 36.7 Å². The van der Waals surface area contributed by atoms with E-state index in [0.29, 0.717) is 18.7 Å². The molecule has 1 aliphatic carbocycles. The second-order valence-corrected chi connectivity index (χ2v) is 8.08. The number of fused-ring (bicyclic) bond motifs is 1. The lowest BCUT2D eigenvalue weighted by atomic mass is 9.89. The number of ether oxygens (including phenoxy) is 2. The van der Waals surface area contributed by atoms with E-state index in [0.717, 1.165) is 0 Å². The summed E-state index contributed by atoms with van der Waals surface area (Å²) in [6.45, 7) is 0. The molecule has 0 aromatic carbocycles. The Morgan fingerprint density at radius 2 is 2.11 bits per heavy atom. The van der Waals surface area contributed by atoms with Crippen molar-refractivity contribution in [3.05, 3.63) is 64.9 Å². The minimum absolute atomic E-state index is 0.0258. The van der Waals surface area contributed by atoms with E-state index in [9.17, 15) is 14.4 Å². The van der Waals surface area contributed by atoms with E-state index < -0.39 is 36.7 Å². The van der Waals surface area contributed by atoms with Gasteiger partial charge < -0.3 is 29.9 Å². The van der Waals surface area contributed by atoms with Gasteiger partial charge in [0, 0.05) is 32.5 Å². The van der Waals surface area contributed by atoms with Crippen LogP contribution in [0.4, 0.5) is 16.3 Å².